The molecule has 0 spiro atoms. The van der Waals surface area contributed by atoms with Gasteiger partial charge in [-0.1, -0.05) is 29.8 Å². The molecule has 0 aliphatic carbocycles. The van der Waals surface area contributed by atoms with E-state index in [9.17, 15) is 0 Å². The molecule has 0 bridgehead atoms. The minimum absolute atomic E-state index is 0.0784. The number of rotatable bonds is 6. The van der Waals surface area contributed by atoms with E-state index in [2.05, 4.69) is 32.2 Å². The average molecular weight is 334 g/mol. The number of hydrogen-bond donors (Lipinski definition) is 1. The Morgan fingerprint density at radius 3 is 2.43 bits per heavy atom. The predicted octanol–water partition coefficient (Wildman–Crippen LogP) is 4.82. The van der Waals surface area contributed by atoms with Crippen LogP contribution in [-0.2, 0) is 13.2 Å². The maximum Gasteiger partial charge on any atom is 0.161 e. The molecule has 0 saturated carbocycles. The molecule has 0 fully saturated rings. The van der Waals surface area contributed by atoms with Crippen LogP contribution < -0.4 is 14.8 Å². The van der Waals surface area contributed by atoms with Crippen molar-refractivity contribution < 1.29 is 9.47 Å². The van der Waals surface area contributed by atoms with Crippen molar-refractivity contribution in [1.29, 1.82) is 0 Å². The molecule has 0 unspecified atom stereocenters. The molecule has 2 rings (SSSR count). The first-order chi connectivity index (χ1) is 10.9. The standard InChI is InChI=1S/C19H24ClNO2/c1-19(2,3)21-12-14-8-9-17(18(11-14)22-4)23-13-15-6-5-7-16(20)10-15/h5-11,21H,12-13H2,1-4H3. The second-order valence-corrected chi connectivity index (χ2v) is 6.94. The molecule has 4 heteroatoms. The zero-order chi connectivity index (χ0) is 16.9. The quantitative estimate of drug-likeness (QED) is 0.822. The van der Waals surface area contributed by atoms with Crippen LogP contribution in [0.3, 0.4) is 0 Å². The lowest BCUT2D eigenvalue weighted by Crippen LogP contribution is -2.35. The molecule has 0 aliphatic rings. The van der Waals surface area contributed by atoms with Crippen LogP contribution in [0.2, 0.25) is 5.02 Å². The van der Waals surface area contributed by atoms with E-state index in [1.807, 2.05) is 36.4 Å². The van der Waals surface area contributed by atoms with Crippen LogP contribution in [0.4, 0.5) is 0 Å². The first-order valence-electron chi connectivity index (χ1n) is 7.66. The van der Waals surface area contributed by atoms with Crippen molar-refractivity contribution in [1.82, 2.24) is 5.32 Å². The summed E-state index contributed by atoms with van der Waals surface area (Å²) in [6, 6.07) is 13.7. The van der Waals surface area contributed by atoms with Gasteiger partial charge in [-0.15, -0.1) is 0 Å². The lowest BCUT2D eigenvalue weighted by atomic mass is 10.1. The summed E-state index contributed by atoms with van der Waals surface area (Å²) in [6.07, 6.45) is 0. The fourth-order valence-electron chi connectivity index (χ4n) is 2.10. The molecule has 23 heavy (non-hydrogen) atoms. The van der Waals surface area contributed by atoms with Crippen LogP contribution in [0.5, 0.6) is 11.5 Å². The van der Waals surface area contributed by atoms with Crippen LogP contribution >= 0.6 is 11.6 Å². The summed E-state index contributed by atoms with van der Waals surface area (Å²) in [4.78, 5) is 0. The maximum atomic E-state index is 5.99. The van der Waals surface area contributed by atoms with Gasteiger partial charge in [0.1, 0.15) is 6.61 Å². The largest absolute Gasteiger partial charge is 0.493 e. The van der Waals surface area contributed by atoms with Crippen molar-refractivity contribution in [2.45, 2.75) is 39.5 Å². The van der Waals surface area contributed by atoms with Crippen molar-refractivity contribution in [3.63, 3.8) is 0 Å². The van der Waals surface area contributed by atoms with E-state index in [1.54, 1.807) is 7.11 Å². The summed E-state index contributed by atoms with van der Waals surface area (Å²) in [6.45, 7) is 7.68. The summed E-state index contributed by atoms with van der Waals surface area (Å²) >= 11 is 5.99. The number of methoxy groups -OCH3 is 1. The number of hydrogen-bond acceptors (Lipinski definition) is 3. The van der Waals surface area contributed by atoms with Gasteiger partial charge in [0.2, 0.25) is 0 Å². The van der Waals surface area contributed by atoms with E-state index in [1.165, 1.54) is 0 Å². The molecule has 0 saturated heterocycles. The zero-order valence-corrected chi connectivity index (χ0v) is 14.9. The van der Waals surface area contributed by atoms with Gasteiger partial charge in [-0.05, 0) is 56.2 Å². The smallest absolute Gasteiger partial charge is 0.161 e. The third-order valence-electron chi connectivity index (χ3n) is 3.33. The topological polar surface area (TPSA) is 30.5 Å². The van der Waals surface area contributed by atoms with Crippen molar-refractivity contribution in [3.05, 3.63) is 58.6 Å². The summed E-state index contributed by atoms with van der Waals surface area (Å²) in [5.74, 6) is 1.47. The first-order valence-corrected chi connectivity index (χ1v) is 8.04. The number of halogens is 1. The van der Waals surface area contributed by atoms with E-state index in [0.29, 0.717) is 11.6 Å². The summed E-state index contributed by atoms with van der Waals surface area (Å²) in [7, 11) is 1.66. The molecule has 0 heterocycles. The number of nitrogens with one attached hydrogen (secondary N) is 1. The highest BCUT2D eigenvalue weighted by Gasteiger charge is 2.11. The predicted molar refractivity (Wildman–Crippen MR) is 95.4 cm³/mol. The maximum absolute atomic E-state index is 5.99. The SMILES string of the molecule is COc1cc(CNC(C)(C)C)ccc1OCc1cccc(Cl)c1. The third kappa shape index (κ3) is 5.77. The Kier molecular flexibility index (Phi) is 5.91. The van der Waals surface area contributed by atoms with Gasteiger partial charge in [-0.3, -0.25) is 0 Å². The van der Waals surface area contributed by atoms with Gasteiger partial charge < -0.3 is 14.8 Å². The molecule has 0 aromatic heterocycles. The second kappa shape index (κ2) is 7.71. The summed E-state index contributed by atoms with van der Waals surface area (Å²) < 4.78 is 11.3. The molecule has 2 aromatic rings. The Morgan fingerprint density at radius 2 is 1.78 bits per heavy atom. The van der Waals surface area contributed by atoms with Crippen molar-refractivity contribution >= 4 is 11.6 Å². The molecule has 0 amide bonds. The molecular weight excluding hydrogens is 310 g/mol. The van der Waals surface area contributed by atoms with Gasteiger partial charge in [0.15, 0.2) is 11.5 Å². The van der Waals surface area contributed by atoms with Gasteiger partial charge in [0.05, 0.1) is 7.11 Å². The van der Waals surface area contributed by atoms with Crippen LogP contribution in [0, 0.1) is 0 Å². The van der Waals surface area contributed by atoms with Crippen molar-refractivity contribution in [3.8, 4) is 11.5 Å². The van der Waals surface area contributed by atoms with Crippen LogP contribution in [-0.4, -0.2) is 12.6 Å². The molecule has 1 N–H and O–H groups in total. The van der Waals surface area contributed by atoms with Gasteiger partial charge in [-0.25, -0.2) is 0 Å². The van der Waals surface area contributed by atoms with Crippen molar-refractivity contribution in [2.24, 2.45) is 0 Å². The van der Waals surface area contributed by atoms with E-state index in [-0.39, 0.29) is 5.54 Å². The van der Waals surface area contributed by atoms with E-state index >= 15 is 0 Å². The molecule has 124 valence electrons. The van der Waals surface area contributed by atoms with Crippen molar-refractivity contribution in [2.75, 3.05) is 7.11 Å². The van der Waals surface area contributed by atoms with Gasteiger partial charge >= 0.3 is 0 Å². The number of benzene rings is 2. The molecule has 3 nitrogen and oxygen atoms in total. The van der Waals surface area contributed by atoms with Gasteiger partial charge in [-0.2, -0.15) is 0 Å². The molecule has 0 aliphatic heterocycles. The minimum Gasteiger partial charge on any atom is -0.493 e. The summed E-state index contributed by atoms with van der Waals surface area (Å²) in [5, 5.41) is 4.17. The second-order valence-electron chi connectivity index (χ2n) is 6.51. The fraction of sp³-hybridized carbons (Fsp3) is 0.368. The minimum atomic E-state index is 0.0784. The van der Waals surface area contributed by atoms with E-state index < -0.39 is 0 Å². The Balaban J connectivity index is 2.04. The molecule has 2 aromatic carbocycles. The number of ether oxygens (including phenoxy) is 2. The first kappa shape index (κ1) is 17.6. The van der Waals surface area contributed by atoms with E-state index in [0.717, 1.165) is 29.2 Å². The molecule has 0 atom stereocenters. The lowest BCUT2D eigenvalue weighted by molar-refractivity contribution is 0.284. The normalized spacial score (nSPS) is 11.3. The Hall–Kier alpha value is -1.71. The van der Waals surface area contributed by atoms with Gasteiger partial charge in [0.25, 0.3) is 0 Å². The third-order valence-corrected chi connectivity index (χ3v) is 3.57. The monoisotopic (exact) mass is 333 g/mol. The average Bonchev–Trinajstić information content (AvgIpc) is 2.50. The fourth-order valence-corrected chi connectivity index (χ4v) is 2.31. The Bertz CT molecular complexity index is 650. The molecule has 0 radical (unpaired) electrons. The lowest BCUT2D eigenvalue weighted by Gasteiger charge is -2.21. The highest BCUT2D eigenvalue weighted by atomic mass is 35.5. The summed E-state index contributed by atoms with van der Waals surface area (Å²) in [5.41, 5.74) is 2.26. The molecular formula is C19H24ClNO2. The van der Waals surface area contributed by atoms with Crippen LogP contribution in [0.15, 0.2) is 42.5 Å². The van der Waals surface area contributed by atoms with E-state index in [4.69, 9.17) is 21.1 Å². The van der Waals surface area contributed by atoms with Crippen LogP contribution in [0.25, 0.3) is 0 Å². The zero-order valence-electron chi connectivity index (χ0n) is 14.2. The highest BCUT2D eigenvalue weighted by molar-refractivity contribution is 6.30. The Labute approximate surface area is 143 Å². The highest BCUT2D eigenvalue weighted by Crippen LogP contribution is 2.29. The Morgan fingerprint density at radius 1 is 1.00 bits per heavy atom. The van der Waals surface area contributed by atoms with Crippen LogP contribution in [0.1, 0.15) is 31.9 Å². The van der Waals surface area contributed by atoms with Gasteiger partial charge in [0, 0.05) is 17.1 Å².